The molecule has 0 aromatic heterocycles. The lowest BCUT2D eigenvalue weighted by atomic mass is 9.95. The molecule has 2 aliphatic carbocycles. The highest BCUT2D eigenvalue weighted by Gasteiger charge is 2.38. The standard InChI is InChI=1S/C107H134N12O15/c1-107(2,3)134-106(126)115-56-28-26-45-90(116-105(125)93-46-29-47-96(120)119(93)133-78-85-42-23-10-24-43-85)44-25-27-55-111-101(121)87-50-52-91(99(131-76-83-38-19-8-20-39-83)95(69-87)128-73-80-32-13-5-14-33-80)103(123)113-61-67-118-63-57-109-70-88-49-48-86(68-94(127-72-79-30-11-4-12-31-79)97(88)129-74-81-34-15-6-16-35-81)102(122)112-59-65-117(62-54-108)66-60-114-104(124)92-53-51-89(71-110-58-64-118)98(130-75-82-36-17-7-18-37-82)100(92)132-77-84-40-21-9-22-41-84/h4-24,30-43,46,48-49,51,53,69,86,88,90,94-95,97,109-110H,25-29,44-45,47,50,52,54-68,70-78,108H2,1-3H3,(H,111,121)(H,112,122)(H,113,123)(H,114,124)(H,115,126)(H,116,125). The molecular formula is C107H134N12O15. The van der Waals surface area contributed by atoms with E-state index in [9.17, 15) is 28.8 Å². The van der Waals surface area contributed by atoms with Gasteiger partial charge in [-0.05, 0) is 136 Å². The highest BCUT2D eigenvalue weighted by atomic mass is 16.7. The Morgan fingerprint density at radius 2 is 1.01 bits per heavy atom. The Morgan fingerprint density at radius 1 is 0.500 bits per heavy atom. The van der Waals surface area contributed by atoms with E-state index < -0.39 is 41.8 Å². The predicted octanol–water partition coefficient (Wildman–Crippen LogP) is 13.3. The molecule has 10 N–H and O–H groups in total. The minimum Gasteiger partial charge on any atom is -0.490 e. The zero-order valence-electron chi connectivity index (χ0n) is 77.7. The van der Waals surface area contributed by atoms with Crippen LogP contribution in [0.2, 0.25) is 0 Å². The van der Waals surface area contributed by atoms with Crippen molar-refractivity contribution in [3.8, 4) is 11.5 Å². The number of benzene rings is 8. The predicted molar refractivity (Wildman–Crippen MR) is 516 cm³/mol. The molecule has 0 radical (unpaired) electrons. The van der Waals surface area contributed by atoms with E-state index in [1.807, 2.05) is 224 Å². The maximum absolute atomic E-state index is 15.5. The number of carbonyl (C=O) groups excluding carboxylic acids is 7. The first-order valence-electron chi connectivity index (χ1n) is 47.4. The number of rotatable bonds is 40. The van der Waals surface area contributed by atoms with E-state index in [0.717, 1.165) is 49.6 Å². The van der Waals surface area contributed by atoms with Crippen molar-refractivity contribution in [3.63, 3.8) is 0 Å². The molecule has 7 amide bonds. The first kappa shape index (κ1) is 101. The molecule has 3 aliphatic heterocycles. The number of nitrogens with two attached hydrogens (primary N) is 1. The number of alkyl carbamates (subject to hydrolysis) is 1. The average Bonchev–Trinajstić information content (AvgIpc) is 0.996. The number of hydrogen-bond acceptors (Lipinski definition) is 20. The SMILES string of the molecule is CC(C)(C)OC(=O)NCCCCC(CCCCNC(=O)C1=CC(OCc2ccccc2)C(OCc2ccccc2)=C(C(=O)NCCN2CCNCc3ccc(c(OCc4ccccc4)c3OCc3ccccc3)C(=O)NCCN(CCN)CCNC(=O)C3C=CC(CNCC2)C(OCc2ccccc2)C(OCc2ccccc2)C3)CC1)NC(=O)C1=CCCC(=O)N1OCc1ccccc1. The minimum absolute atomic E-state index is 0.0896. The Morgan fingerprint density at radius 3 is 1.60 bits per heavy atom. The molecular weight excluding hydrogens is 1690 g/mol. The Hall–Kier alpha value is -12.2. The van der Waals surface area contributed by atoms with Crippen LogP contribution in [0.1, 0.15) is 146 Å². The second kappa shape index (κ2) is 54.9. The molecule has 0 fully saturated rings. The molecule has 0 saturated heterocycles. The number of amides is 7. The highest BCUT2D eigenvalue weighted by molar-refractivity contribution is 5.99. The third-order valence-corrected chi connectivity index (χ3v) is 23.6. The topological polar surface area (TPSA) is 325 Å². The summed E-state index contributed by atoms with van der Waals surface area (Å²) in [5.74, 6) is -1.75. The van der Waals surface area contributed by atoms with Crippen LogP contribution in [-0.4, -0.2) is 185 Å². The first-order chi connectivity index (χ1) is 65.4. The molecule has 5 aliphatic rings. The van der Waals surface area contributed by atoms with Crippen LogP contribution in [0.3, 0.4) is 0 Å². The van der Waals surface area contributed by atoms with Gasteiger partial charge in [-0.2, -0.15) is 5.06 Å². The number of hydrogen-bond donors (Lipinski definition) is 9. The van der Waals surface area contributed by atoms with Crippen LogP contribution in [0.5, 0.6) is 11.5 Å². The maximum atomic E-state index is 15.5. The molecule has 13 rings (SSSR count). The molecule has 134 heavy (non-hydrogen) atoms. The number of hydroxylamine groups is 2. The van der Waals surface area contributed by atoms with Crippen molar-refractivity contribution in [3.05, 3.63) is 321 Å². The van der Waals surface area contributed by atoms with Crippen molar-refractivity contribution in [2.45, 2.75) is 174 Å². The number of fused-ring (bicyclic) bond motifs is 18. The van der Waals surface area contributed by atoms with Crippen LogP contribution in [0, 0.1) is 11.8 Å². The van der Waals surface area contributed by atoms with Crippen molar-refractivity contribution in [1.29, 1.82) is 0 Å². The number of allylic oxidation sites excluding steroid dienone is 1. The van der Waals surface area contributed by atoms with E-state index in [2.05, 4.69) is 58.4 Å². The van der Waals surface area contributed by atoms with Gasteiger partial charge in [0.2, 0.25) is 11.8 Å². The average molecular weight is 1830 g/mol. The molecule has 8 aromatic carbocycles. The highest BCUT2D eigenvalue weighted by Crippen LogP contribution is 2.38. The third-order valence-electron chi connectivity index (χ3n) is 23.6. The van der Waals surface area contributed by atoms with E-state index >= 15 is 4.79 Å². The summed E-state index contributed by atoms with van der Waals surface area (Å²) in [6.07, 6.45) is 9.89. The molecule has 27 heteroatoms. The van der Waals surface area contributed by atoms with Gasteiger partial charge in [0.15, 0.2) is 11.5 Å². The van der Waals surface area contributed by atoms with Crippen LogP contribution in [0.25, 0.3) is 0 Å². The van der Waals surface area contributed by atoms with Gasteiger partial charge in [0.25, 0.3) is 23.6 Å². The van der Waals surface area contributed by atoms with Crippen molar-refractivity contribution in [2.75, 3.05) is 98.2 Å². The summed E-state index contributed by atoms with van der Waals surface area (Å²) in [5.41, 5.74) is 13.9. The fraction of sp³-hybridized carbons (Fsp3) is 0.411. The molecule has 0 spiro atoms. The van der Waals surface area contributed by atoms with Gasteiger partial charge < -0.3 is 81.4 Å². The van der Waals surface area contributed by atoms with Gasteiger partial charge >= 0.3 is 6.09 Å². The van der Waals surface area contributed by atoms with Crippen LogP contribution in [0.4, 0.5) is 4.79 Å². The molecule has 0 saturated carbocycles. The van der Waals surface area contributed by atoms with Gasteiger partial charge in [-0.25, -0.2) is 4.79 Å². The second-order valence-electron chi connectivity index (χ2n) is 35.1. The fourth-order valence-electron chi connectivity index (χ4n) is 16.5. The second-order valence-corrected chi connectivity index (χ2v) is 35.1. The van der Waals surface area contributed by atoms with E-state index in [-0.39, 0.29) is 119 Å². The van der Waals surface area contributed by atoms with Crippen molar-refractivity contribution >= 4 is 41.5 Å². The Kier molecular flexibility index (Phi) is 41.3. The van der Waals surface area contributed by atoms with Crippen molar-refractivity contribution < 1.29 is 71.6 Å². The maximum Gasteiger partial charge on any atom is 0.407 e. The minimum atomic E-state index is -0.980. The van der Waals surface area contributed by atoms with Crippen LogP contribution in [-0.2, 0) is 105 Å². The van der Waals surface area contributed by atoms with Crippen LogP contribution >= 0.6 is 0 Å². The molecule has 3 heterocycles. The summed E-state index contributed by atoms with van der Waals surface area (Å²) in [6.45, 7) is 13.2. The summed E-state index contributed by atoms with van der Waals surface area (Å²) in [5, 5.41) is 27.6. The lowest BCUT2D eigenvalue weighted by Crippen LogP contribution is -2.45. The van der Waals surface area contributed by atoms with E-state index in [0.29, 0.717) is 184 Å². The summed E-state index contributed by atoms with van der Waals surface area (Å²) >= 11 is 0. The summed E-state index contributed by atoms with van der Waals surface area (Å²) in [7, 11) is 0. The van der Waals surface area contributed by atoms with E-state index in [1.165, 1.54) is 0 Å². The lowest BCUT2D eigenvalue weighted by molar-refractivity contribution is -0.183. The fourth-order valence-corrected chi connectivity index (χ4v) is 16.5. The van der Waals surface area contributed by atoms with E-state index in [4.69, 9.17) is 43.7 Å². The lowest BCUT2D eigenvalue weighted by Gasteiger charge is -2.32. The Balaban J connectivity index is 0.785. The van der Waals surface area contributed by atoms with E-state index in [1.54, 1.807) is 39.0 Å². The molecule has 712 valence electrons. The smallest absolute Gasteiger partial charge is 0.407 e. The van der Waals surface area contributed by atoms with Gasteiger partial charge in [-0.15, -0.1) is 0 Å². The van der Waals surface area contributed by atoms with Gasteiger partial charge in [0.1, 0.15) is 49.6 Å². The number of unbranched alkanes of at least 4 members (excludes halogenated alkanes) is 2. The zero-order valence-corrected chi connectivity index (χ0v) is 77.7. The van der Waals surface area contributed by atoms with Crippen molar-refractivity contribution in [1.82, 2.24) is 57.4 Å². The quantitative estimate of drug-likeness (QED) is 0.00979. The van der Waals surface area contributed by atoms with Crippen LogP contribution in [0.15, 0.2) is 271 Å². The van der Waals surface area contributed by atoms with Gasteiger partial charge in [-0.3, -0.25) is 43.4 Å². The molecule has 8 aromatic rings. The first-order valence-corrected chi connectivity index (χ1v) is 47.4. The summed E-state index contributed by atoms with van der Waals surface area (Å²) in [4.78, 5) is 110. The van der Waals surface area contributed by atoms with Gasteiger partial charge in [-0.1, -0.05) is 237 Å². The van der Waals surface area contributed by atoms with Gasteiger partial charge in [0, 0.05) is 134 Å². The van der Waals surface area contributed by atoms with Gasteiger partial charge in [0.05, 0.1) is 49.1 Å². The molecule has 6 unspecified atom stereocenters. The van der Waals surface area contributed by atoms with Crippen molar-refractivity contribution in [2.24, 2.45) is 17.6 Å². The molecule has 6 atom stereocenters. The van der Waals surface area contributed by atoms with Crippen LogP contribution < -0.4 is 57.7 Å². The number of nitrogens with zero attached hydrogens (tertiary/aromatic N) is 3. The number of ether oxygens (including phenoxy) is 7. The zero-order chi connectivity index (χ0) is 93.7. The monoisotopic (exact) mass is 1830 g/mol. The Bertz CT molecular complexity index is 5090. The molecule has 27 nitrogen and oxygen atoms in total. The normalized spacial score (nSPS) is 18.5. The Labute approximate surface area is 789 Å². The number of nitrogens with one attached hydrogen (secondary N) is 8. The summed E-state index contributed by atoms with van der Waals surface area (Å²) < 4.78 is 46.7. The largest absolute Gasteiger partial charge is 0.490 e. The summed E-state index contributed by atoms with van der Waals surface area (Å²) in [6, 6.07) is 71.9. The molecule has 4 bridgehead atoms. The third kappa shape index (κ3) is 33.8. The number of carbonyl (C=O) groups is 7.